The van der Waals surface area contributed by atoms with Crippen LogP contribution in [0, 0.1) is 12.7 Å². The number of nitrogens with two attached hydrogens (primary N) is 1. The molecule has 1 aromatic carbocycles. The summed E-state index contributed by atoms with van der Waals surface area (Å²) in [5, 5.41) is 0.719. The van der Waals surface area contributed by atoms with E-state index in [0.29, 0.717) is 11.3 Å². The lowest BCUT2D eigenvalue weighted by molar-refractivity contribution is 0.524. The van der Waals surface area contributed by atoms with Gasteiger partial charge in [-0.3, -0.25) is 4.98 Å². The van der Waals surface area contributed by atoms with E-state index >= 15 is 0 Å². The van der Waals surface area contributed by atoms with Crippen LogP contribution in [0.25, 0.3) is 11.0 Å². The minimum atomic E-state index is -0.378. The van der Waals surface area contributed by atoms with Gasteiger partial charge in [-0.2, -0.15) is 0 Å². The maximum atomic E-state index is 13.1. The molecule has 1 unspecified atom stereocenters. The number of hydrogen-bond acceptors (Lipinski definition) is 3. The van der Waals surface area contributed by atoms with Crippen molar-refractivity contribution in [2.75, 3.05) is 0 Å². The Labute approximate surface area is 109 Å². The summed E-state index contributed by atoms with van der Waals surface area (Å²) in [5.41, 5.74) is 8.63. The Morgan fingerprint density at radius 1 is 1.21 bits per heavy atom. The van der Waals surface area contributed by atoms with Gasteiger partial charge in [-0.1, -0.05) is 0 Å². The number of rotatable bonds is 2. The lowest BCUT2D eigenvalue weighted by Crippen LogP contribution is -2.11. The predicted octanol–water partition coefficient (Wildman–Crippen LogP) is 3.32. The highest BCUT2D eigenvalue weighted by molar-refractivity contribution is 5.78. The highest BCUT2D eigenvalue weighted by Gasteiger charge is 2.14. The first-order valence-electron chi connectivity index (χ1n) is 6.00. The van der Waals surface area contributed by atoms with Crippen LogP contribution in [0.3, 0.4) is 0 Å². The van der Waals surface area contributed by atoms with Crippen molar-refractivity contribution in [3.8, 4) is 0 Å². The number of pyridine rings is 1. The Balaban J connectivity index is 2.04. The maximum absolute atomic E-state index is 13.1. The van der Waals surface area contributed by atoms with Crippen molar-refractivity contribution < 1.29 is 8.81 Å². The standard InChI is InChI=1S/C15H13FN2O/c1-9-6-10(4-5-18-9)15(17)14-8-11-7-12(16)2-3-13(11)19-14/h2-8,15H,17H2,1H3. The van der Waals surface area contributed by atoms with E-state index in [4.69, 9.17) is 10.2 Å². The van der Waals surface area contributed by atoms with Crippen molar-refractivity contribution in [3.63, 3.8) is 0 Å². The molecule has 0 fully saturated rings. The van der Waals surface area contributed by atoms with Crippen molar-refractivity contribution in [3.05, 3.63) is 65.4 Å². The van der Waals surface area contributed by atoms with Gasteiger partial charge >= 0.3 is 0 Å². The number of aromatic nitrogens is 1. The molecule has 19 heavy (non-hydrogen) atoms. The van der Waals surface area contributed by atoms with E-state index in [1.807, 2.05) is 19.1 Å². The molecule has 3 aromatic rings. The van der Waals surface area contributed by atoms with Gasteiger partial charge in [0.15, 0.2) is 0 Å². The minimum Gasteiger partial charge on any atom is -0.459 e. The molecular formula is C15H13FN2O. The van der Waals surface area contributed by atoms with Crippen LogP contribution in [-0.2, 0) is 0 Å². The molecule has 0 aliphatic heterocycles. The van der Waals surface area contributed by atoms with E-state index in [9.17, 15) is 4.39 Å². The maximum Gasteiger partial charge on any atom is 0.134 e. The largest absolute Gasteiger partial charge is 0.459 e. The molecule has 0 radical (unpaired) electrons. The number of halogens is 1. The van der Waals surface area contributed by atoms with Crippen LogP contribution in [0.4, 0.5) is 4.39 Å². The quantitative estimate of drug-likeness (QED) is 0.765. The van der Waals surface area contributed by atoms with Crippen molar-refractivity contribution in [1.82, 2.24) is 4.98 Å². The summed E-state index contributed by atoms with van der Waals surface area (Å²) in [6.45, 7) is 1.91. The number of fused-ring (bicyclic) bond motifs is 1. The number of nitrogens with zero attached hydrogens (tertiary/aromatic N) is 1. The summed E-state index contributed by atoms with van der Waals surface area (Å²) in [4.78, 5) is 4.13. The normalized spacial score (nSPS) is 12.8. The molecule has 0 amide bonds. The first-order valence-corrected chi connectivity index (χ1v) is 6.00. The highest BCUT2D eigenvalue weighted by atomic mass is 19.1. The van der Waals surface area contributed by atoms with Crippen LogP contribution in [-0.4, -0.2) is 4.98 Å². The van der Waals surface area contributed by atoms with Crippen molar-refractivity contribution >= 4 is 11.0 Å². The van der Waals surface area contributed by atoms with Gasteiger partial charge in [-0.15, -0.1) is 0 Å². The van der Waals surface area contributed by atoms with Gasteiger partial charge in [0.2, 0.25) is 0 Å². The smallest absolute Gasteiger partial charge is 0.134 e. The van der Waals surface area contributed by atoms with Crippen LogP contribution < -0.4 is 5.73 Å². The SMILES string of the molecule is Cc1cc(C(N)c2cc3cc(F)ccc3o2)ccn1. The van der Waals surface area contributed by atoms with Crippen LogP contribution in [0.1, 0.15) is 23.1 Å². The fourth-order valence-electron chi connectivity index (χ4n) is 2.11. The average Bonchev–Trinajstić information content (AvgIpc) is 2.80. The molecule has 2 heterocycles. The Morgan fingerprint density at radius 3 is 2.84 bits per heavy atom. The van der Waals surface area contributed by atoms with E-state index in [1.165, 1.54) is 12.1 Å². The molecule has 3 nitrogen and oxygen atoms in total. The number of aryl methyl sites for hydroxylation is 1. The third kappa shape index (κ3) is 2.22. The summed E-state index contributed by atoms with van der Waals surface area (Å²) >= 11 is 0. The second-order valence-electron chi connectivity index (χ2n) is 4.54. The second kappa shape index (κ2) is 4.48. The molecule has 0 aliphatic rings. The van der Waals surface area contributed by atoms with Crippen LogP contribution in [0.5, 0.6) is 0 Å². The third-order valence-electron chi connectivity index (χ3n) is 3.08. The zero-order chi connectivity index (χ0) is 13.4. The van der Waals surface area contributed by atoms with E-state index in [0.717, 1.165) is 16.6 Å². The lowest BCUT2D eigenvalue weighted by atomic mass is 10.1. The van der Waals surface area contributed by atoms with E-state index in [-0.39, 0.29) is 11.9 Å². The molecule has 3 rings (SSSR count). The van der Waals surface area contributed by atoms with E-state index < -0.39 is 0 Å². The molecule has 96 valence electrons. The summed E-state index contributed by atoms with van der Waals surface area (Å²) < 4.78 is 18.8. The van der Waals surface area contributed by atoms with Crippen molar-refractivity contribution in [2.24, 2.45) is 5.73 Å². The molecule has 2 N–H and O–H groups in total. The van der Waals surface area contributed by atoms with Crippen molar-refractivity contribution in [2.45, 2.75) is 13.0 Å². The summed E-state index contributed by atoms with van der Waals surface area (Å²) in [7, 11) is 0. The summed E-state index contributed by atoms with van der Waals surface area (Å²) in [6.07, 6.45) is 1.72. The Bertz CT molecular complexity index is 736. The predicted molar refractivity (Wildman–Crippen MR) is 71.2 cm³/mol. The third-order valence-corrected chi connectivity index (χ3v) is 3.08. The zero-order valence-corrected chi connectivity index (χ0v) is 10.4. The van der Waals surface area contributed by atoms with Gasteiger partial charge < -0.3 is 10.2 Å². The highest BCUT2D eigenvalue weighted by Crippen LogP contribution is 2.27. The number of hydrogen-bond donors (Lipinski definition) is 1. The average molecular weight is 256 g/mol. The summed E-state index contributed by atoms with van der Waals surface area (Å²) in [6, 6.07) is 9.59. The first-order chi connectivity index (χ1) is 9.13. The second-order valence-corrected chi connectivity index (χ2v) is 4.54. The molecule has 0 bridgehead atoms. The fraction of sp³-hybridized carbons (Fsp3) is 0.133. The van der Waals surface area contributed by atoms with Crippen molar-refractivity contribution in [1.29, 1.82) is 0 Å². The molecule has 1 atom stereocenters. The molecule has 2 aromatic heterocycles. The Morgan fingerprint density at radius 2 is 2.05 bits per heavy atom. The van der Waals surface area contributed by atoms with Gasteiger partial charge in [-0.25, -0.2) is 4.39 Å². The van der Waals surface area contributed by atoms with Gasteiger partial charge in [0.05, 0.1) is 6.04 Å². The topological polar surface area (TPSA) is 52.0 Å². The molecule has 4 heteroatoms. The minimum absolute atomic E-state index is 0.284. The first kappa shape index (κ1) is 11.9. The fourth-order valence-corrected chi connectivity index (χ4v) is 2.11. The van der Waals surface area contributed by atoms with Gasteiger partial charge in [0, 0.05) is 17.3 Å². The van der Waals surface area contributed by atoms with E-state index in [1.54, 1.807) is 18.3 Å². The monoisotopic (exact) mass is 256 g/mol. The van der Waals surface area contributed by atoms with Crippen LogP contribution in [0.2, 0.25) is 0 Å². The van der Waals surface area contributed by atoms with Gasteiger partial charge in [0.1, 0.15) is 17.2 Å². The Kier molecular flexibility index (Phi) is 2.80. The van der Waals surface area contributed by atoms with Gasteiger partial charge in [-0.05, 0) is 48.9 Å². The molecule has 0 saturated carbocycles. The van der Waals surface area contributed by atoms with E-state index in [2.05, 4.69) is 4.98 Å². The Hall–Kier alpha value is -2.20. The zero-order valence-electron chi connectivity index (χ0n) is 10.4. The van der Waals surface area contributed by atoms with Crippen LogP contribution >= 0.6 is 0 Å². The number of furan rings is 1. The molecule has 0 spiro atoms. The lowest BCUT2D eigenvalue weighted by Gasteiger charge is -2.09. The van der Waals surface area contributed by atoms with Gasteiger partial charge in [0.25, 0.3) is 0 Å². The molecular weight excluding hydrogens is 243 g/mol. The molecule has 0 aliphatic carbocycles. The number of benzene rings is 1. The summed E-state index contributed by atoms with van der Waals surface area (Å²) in [5.74, 6) is 0.333. The van der Waals surface area contributed by atoms with Crippen LogP contribution in [0.15, 0.2) is 47.0 Å². The molecule has 0 saturated heterocycles.